The minimum absolute atomic E-state index is 0.0839. The van der Waals surface area contributed by atoms with Crippen LogP contribution in [0.4, 0.5) is 0 Å². The zero-order chi connectivity index (χ0) is 19.7. The van der Waals surface area contributed by atoms with Gasteiger partial charge in [0.05, 0.1) is 18.5 Å². The Labute approximate surface area is 160 Å². The second-order valence-corrected chi connectivity index (χ2v) is 6.72. The number of benzene rings is 1. The second kappa shape index (κ2) is 7.26. The zero-order valence-corrected chi connectivity index (χ0v) is 15.6. The van der Waals surface area contributed by atoms with Gasteiger partial charge in [0.1, 0.15) is 11.4 Å². The lowest BCUT2D eigenvalue weighted by molar-refractivity contribution is 0.0927. The van der Waals surface area contributed by atoms with Crippen molar-refractivity contribution >= 4 is 5.91 Å². The Balaban J connectivity index is 1.54. The molecule has 0 unspecified atom stereocenters. The van der Waals surface area contributed by atoms with Gasteiger partial charge in [0, 0.05) is 12.1 Å². The lowest BCUT2D eigenvalue weighted by Crippen LogP contribution is -2.40. The summed E-state index contributed by atoms with van der Waals surface area (Å²) >= 11 is 0. The fraction of sp³-hybridized carbons (Fsp3) is 0.316. The average molecular weight is 380 g/mol. The number of carbonyl (C=O) groups excluding carboxylic acids is 1. The first kappa shape index (κ1) is 17.9. The molecule has 3 aromatic rings. The van der Waals surface area contributed by atoms with Crippen LogP contribution in [-0.4, -0.2) is 44.3 Å². The van der Waals surface area contributed by atoms with Crippen LogP contribution in [0, 0.1) is 6.92 Å². The summed E-state index contributed by atoms with van der Waals surface area (Å²) in [4.78, 5) is 24.3. The number of hydrogen-bond donors (Lipinski definition) is 2. The molecule has 2 N–H and O–H groups in total. The predicted molar refractivity (Wildman–Crippen MR) is 101 cm³/mol. The van der Waals surface area contributed by atoms with Crippen LogP contribution in [0.3, 0.4) is 0 Å². The first-order valence-electron chi connectivity index (χ1n) is 9.01. The van der Waals surface area contributed by atoms with Crippen molar-refractivity contribution in [1.29, 1.82) is 0 Å². The molecule has 4 rings (SSSR count). The fourth-order valence-electron chi connectivity index (χ4n) is 3.49. The quantitative estimate of drug-likeness (QED) is 0.697. The Bertz CT molecular complexity index is 1090. The highest BCUT2D eigenvalue weighted by molar-refractivity contribution is 5.93. The summed E-state index contributed by atoms with van der Waals surface area (Å²) in [5, 5.41) is 17.7. The van der Waals surface area contributed by atoms with Gasteiger partial charge in [0.15, 0.2) is 5.69 Å². The Morgan fingerprint density at radius 2 is 2.18 bits per heavy atom. The van der Waals surface area contributed by atoms with E-state index in [0.717, 1.165) is 17.7 Å². The summed E-state index contributed by atoms with van der Waals surface area (Å²) < 4.78 is 6.96. The number of aromatic nitrogens is 5. The molecule has 2 aromatic heterocycles. The minimum atomic E-state index is -0.287. The number of methoxy groups -OCH3 is 1. The Hall–Kier alpha value is -3.49. The number of amides is 1. The minimum Gasteiger partial charge on any atom is -0.494 e. The molecule has 1 atom stereocenters. The molecule has 0 saturated heterocycles. The maximum atomic E-state index is 12.8. The van der Waals surface area contributed by atoms with Gasteiger partial charge in [-0.2, -0.15) is 5.10 Å². The molecule has 144 valence electrons. The van der Waals surface area contributed by atoms with Crippen LogP contribution in [0.5, 0.6) is 5.75 Å². The van der Waals surface area contributed by atoms with Crippen molar-refractivity contribution in [3.05, 3.63) is 63.3 Å². The van der Waals surface area contributed by atoms with Crippen LogP contribution >= 0.6 is 0 Å². The third kappa shape index (κ3) is 3.26. The number of rotatable bonds is 4. The standard InChI is InChI=1S/C19H20N6O3/c1-11-18(23-24-25(11)15-5-3-4-6-16(15)28-2)19(27)20-13-7-8-14-12(9-13)10-17(26)22-21-14/h3-6,10,13H,7-9H2,1-2H3,(H,20,27)(H,22,26)/t13-/m1/s1. The van der Waals surface area contributed by atoms with Crippen LogP contribution in [0.25, 0.3) is 5.69 Å². The normalized spacial score (nSPS) is 15.7. The highest BCUT2D eigenvalue weighted by Crippen LogP contribution is 2.23. The average Bonchev–Trinajstić information content (AvgIpc) is 3.09. The van der Waals surface area contributed by atoms with Crippen molar-refractivity contribution in [1.82, 2.24) is 30.5 Å². The smallest absolute Gasteiger partial charge is 0.273 e. The number of carbonyl (C=O) groups is 1. The molecule has 2 heterocycles. The van der Waals surface area contributed by atoms with Crippen molar-refractivity contribution in [2.24, 2.45) is 0 Å². The molecule has 0 spiro atoms. The SMILES string of the molecule is COc1ccccc1-n1nnc(C(=O)N[C@@H]2CCc3n[nH]c(=O)cc3C2)c1C. The topological polar surface area (TPSA) is 115 Å². The summed E-state index contributed by atoms with van der Waals surface area (Å²) in [5.74, 6) is 0.356. The van der Waals surface area contributed by atoms with Crippen molar-refractivity contribution < 1.29 is 9.53 Å². The van der Waals surface area contributed by atoms with Crippen LogP contribution in [0.15, 0.2) is 35.1 Å². The maximum Gasteiger partial charge on any atom is 0.273 e. The maximum absolute atomic E-state index is 12.8. The summed E-state index contributed by atoms with van der Waals surface area (Å²) in [6, 6.07) is 8.87. The molecule has 0 bridgehead atoms. The number of nitrogens with one attached hydrogen (secondary N) is 2. The van der Waals surface area contributed by atoms with Crippen LogP contribution in [0.2, 0.25) is 0 Å². The molecule has 0 fully saturated rings. The third-order valence-electron chi connectivity index (χ3n) is 4.93. The van der Waals surface area contributed by atoms with Gasteiger partial charge in [0.2, 0.25) is 0 Å². The molecule has 9 heteroatoms. The molecule has 9 nitrogen and oxygen atoms in total. The number of para-hydroxylation sites is 2. The van der Waals surface area contributed by atoms with Gasteiger partial charge in [0.25, 0.3) is 11.5 Å². The number of nitrogens with zero attached hydrogens (tertiary/aromatic N) is 4. The van der Waals surface area contributed by atoms with Crippen molar-refractivity contribution in [2.45, 2.75) is 32.2 Å². The Kier molecular flexibility index (Phi) is 4.64. The first-order valence-corrected chi connectivity index (χ1v) is 9.01. The van der Waals surface area contributed by atoms with E-state index in [1.807, 2.05) is 24.3 Å². The number of fused-ring (bicyclic) bond motifs is 1. The molecule has 1 aliphatic rings. The number of aryl methyl sites for hydroxylation is 1. The monoisotopic (exact) mass is 380 g/mol. The van der Waals surface area contributed by atoms with Gasteiger partial charge in [-0.1, -0.05) is 17.3 Å². The van der Waals surface area contributed by atoms with E-state index in [-0.39, 0.29) is 23.2 Å². The molecular formula is C19H20N6O3. The summed E-state index contributed by atoms with van der Waals surface area (Å²) in [6.45, 7) is 1.79. The molecule has 0 aliphatic heterocycles. The molecule has 0 saturated carbocycles. The van der Waals surface area contributed by atoms with Crippen LogP contribution < -0.4 is 15.6 Å². The summed E-state index contributed by atoms with van der Waals surface area (Å²) in [7, 11) is 1.58. The van der Waals surface area contributed by atoms with Gasteiger partial charge in [-0.15, -0.1) is 5.10 Å². The van der Waals surface area contributed by atoms with Gasteiger partial charge >= 0.3 is 0 Å². The zero-order valence-electron chi connectivity index (χ0n) is 15.6. The second-order valence-electron chi connectivity index (χ2n) is 6.72. The van der Waals surface area contributed by atoms with E-state index in [2.05, 4.69) is 25.8 Å². The van der Waals surface area contributed by atoms with Gasteiger partial charge in [-0.3, -0.25) is 9.59 Å². The van der Waals surface area contributed by atoms with E-state index in [9.17, 15) is 9.59 Å². The van der Waals surface area contributed by atoms with Crippen molar-refractivity contribution in [2.75, 3.05) is 7.11 Å². The highest BCUT2D eigenvalue weighted by atomic mass is 16.5. The summed E-state index contributed by atoms with van der Waals surface area (Å²) in [5.41, 5.74) is 3.11. The first-order chi connectivity index (χ1) is 13.6. The molecule has 1 amide bonds. The van der Waals surface area contributed by atoms with Crippen molar-refractivity contribution in [3.63, 3.8) is 0 Å². The number of hydrogen-bond acceptors (Lipinski definition) is 6. The van der Waals surface area contributed by atoms with E-state index >= 15 is 0 Å². The Morgan fingerprint density at radius 1 is 1.36 bits per heavy atom. The van der Waals surface area contributed by atoms with Crippen molar-refractivity contribution in [3.8, 4) is 11.4 Å². The van der Waals surface area contributed by atoms with E-state index in [1.54, 1.807) is 24.8 Å². The van der Waals surface area contributed by atoms with Gasteiger partial charge in [-0.25, -0.2) is 9.78 Å². The van der Waals surface area contributed by atoms with Crippen LogP contribution in [0.1, 0.15) is 33.9 Å². The van der Waals surface area contributed by atoms with E-state index in [1.165, 1.54) is 0 Å². The molecule has 28 heavy (non-hydrogen) atoms. The van der Waals surface area contributed by atoms with E-state index < -0.39 is 0 Å². The lowest BCUT2D eigenvalue weighted by Gasteiger charge is -2.24. The van der Waals surface area contributed by atoms with E-state index in [0.29, 0.717) is 30.0 Å². The fourth-order valence-corrected chi connectivity index (χ4v) is 3.49. The number of aromatic amines is 1. The molecule has 1 aromatic carbocycles. The number of H-pyrrole nitrogens is 1. The molecule has 0 radical (unpaired) electrons. The Morgan fingerprint density at radius 3 is 3.00 bits per heavy atom. The largest absolute Gasteiger partial charge is 0.494 e. The summed E-state index contributed by atoms with van der Waals surface area (Å²) in [6.07, 6.45) is 2.01. The molecule has 1 aliphatic carbocycles. The third-order valence-corrected chi connectivity index (χ3v) is 4.93. The van der Waals surface area contributed by atoms with E-state index in [4.69, 9.17) is 4.74 Å². The molecular weight excluding hydrogens is 360 g/mol. The lowest BCUT2D eigenvalue weighted by atomic mass is 9.92. The van der Waals surface area contributed by atoms with Gasteiger partial charge < -0.3 is 10.1 Å². The highest BCUT2D eigenvalue weighted by Gasteiger charge is 2.25. The van der Waals surface area contributed by atoms with Gasteiger partial charge in [-0.05, 0) is 43.9 Å². The van der Waals surface area contributed by atoms with Crippen LogP contribution in [-0.2, 0) is 12.8 Å². The predicted octanol–water partition coefficient (Wildman–Crippen LogP) is 0.955. The number of ether oxygens (including phenoxy) is 1.